The van der Waals surface area contributed by atoms with E-state index in [2.05, 4.69) is 5.32 Å². The highest BCUT2D eigenvalue weighted by atomic mass is 16.2. The van der Waals surface area contributed by atoms with E-state index < -0.39 is 11.6 Å². The number of nitrogens with zero attached hydrogens (tertiary/aromatic N) is 1. The number of benzene rings is 2. The smallest absolute Gasteiger partial charge is 0.243 e. The zero-order valence-electron chi connectivity index (χ0n) is 15.7. The third kappa shape index (κ3) is 4.37. The number of likely N-dealkylation sites (tertiary alicyclic amines) is 1. The number of carbonyl (C=O) groups excluding carboxylic acids is 2. The second-order valence-electron chi connectivity index (χ2n) is 7.21. The monoisotopic (exact) mass is 365 g/mol. The summed E-state index contributed by atoms with van der Waals surface area (Å²) in [6, 6.07) is 19.3. The fourth-order valence-corrected chi connectivity index (χ4v) is 3.70. The van der Waals surface area contributed by atoms with E-state index in [0.717, 1.165) is 12.0 Å². The van der Waals surface area contributed by atoms with Gasteiger partial charge in [-0.15, -0.1) is 0 Å². The van der Waals surface area contributed by atoms with E-state index >= 15 is 0 Å². The van der Waals surface area contributed by atoms with Gasteiger partial charge in [-0.2, -0.15) is 0 Å². The Morgan fingerprint density at radius 2 is 1.70 bits per heavy atom. The van der Waals surface area contributed by atoms with Gasteiger partial charge in [0.05, 0.1) is 5.54 Å². The van der Waals surface area contributed by atoms with Gasteiger partial charge in [0.15, 0.2) is 0 Å². The lowest BCUT2D eigenvalue weighted by Gasteiger charge is -2.29. The third-order valence-corrected chi connectivity index (χ3v) is 5.39. The molecule has 142 valence electrons. The van der Waals surface area contributed by atoms with Crippen LogP contribution in [-0.2, 0) is 22.4 Å². The summed E-state index contributed by atoms with van der Waals surface area (Å²) in [4.78, 5) is 27.3. The van der Waals surface area contributed by atoms with Crippen molar-refractivity contribution in [3.63, 3.8) is 0 Å². The van der Waals surface area contributed by atoms with Crippen molar-refractivity contribution in [2.45, 2.75) is 37.3 Å². The minimum Gasteiger partial charge on any atom is -0.357 e. The van der Waals surface area contributed by atoms with E-state index in [4.69, 9.17) is 5.73 Å². The Bertz CT molecular complexity index is 779. The Balaban J connectivity index is 1.72. The van der Waals surface area contributed by atoms with E-state index in [0.29, 0.717) is 25.8 Å². The third-order valence-electron chi connectivity index (χ3n) is 5.39. The molecule has 1 aliphatic rings. The van der Waals surface area contributed by atoms with Crippen LogP contribution in [0.5, 0.6) is 0 Å². The fraction of sp³-hybridized carbons (Fsp3) is 0.364. The molecule has 0 aliphatic carbocycles. The maximum Gasteiger partial charge on any atom is 0.243 e. The molecule has 0 bridgehead atoms. The molecule has 27 heavy (non-hydrogen) atoms. The van der Waals surface area contributed by atoms with Crippen molar-refractivity contribution >= 4 is 11.8 Å². The minimum absolute atomic E-state index is 0.122. The number of nitrogens with two attached hydrogens (primary N) is 1. The van der Waals surface area contributed by atoms with E-state index in [1.165, 1.54) is 5.56 Å². The SMILES string of the molecule is CNC(=O)[C@H](Cc1ccccc1)N1CCC(N)(CCc2ccccc2)C1=O. The lowest BCUT2D eigenvalue weighted by molar-refractivity contribution is -0.140. The summed E-state index contributed by atoms with van der Waals surface area (Å²) in [5.74, 6) is -0.275. The largest absolute Gasteiger partial charge is 0.357 e. The molecule has 0 radical (unpaired) electrons. The first-order valence-corrected chi connectivity index (χ1v) is 9.43. The maximum absolute atomic E-state index is 13.1. The number of carbonyl (C=O) groups is 2. The van der Waals surface area contributed by atoms with Gasteiger partial charge in [-0.05, 0) is 30.4 Å². The van der Waals surface area contributed by atoms with E-state index in [9.17, 15) is 9.59 Å². The van der Waals surface area contributed by atoms with E-state index in [-0.39, 0.29) is 11.8 Å². The first kappa shape index (κ1) is 19.1. The summed E-state index contributed by atoms with van der Waals surface area (Å²) >= 11 is 0. The second-order valence-corrected chi connectivity index (χ2v) is 7.21. The first-order chi connectivity index (χ1) is 13.0. The van der Waals surface area contributed by atoms with Crippen molar-refractivity contribution in [1.29, 1.82) is 0 Å². The zero-order chi connectivity index (χ0) is 19.3. The topological polar surface area (TPSA) is 75.4 Å². The molecule has 2 atom stereocenters. The van der Waals surface area contributed by atoms with Crippen LogP contribution in [0, 0.1) is 0 Å². The van der Waals surface area contributed by atoms with Crippen LogP contribution in [0.1, 0.15) is 24.0 Å². The standard InChI is InChI=1S/C22H27N3O2/c1-24-20(26)19(16-18-10-6-3-7-11-18)25-15-14-22(23,21(25)27)13-12-17-8-4-2-5-9-17/h2-11,19H,12-16,23H2,1H3,(H,24,26)/t19-,22?/m0/s1. The number of hydrogen-bond donors (Lipinski definition) is 2. The molecule has 1 aliphatic heterocycles. The van der Waals surface area contributed by atoms with Gasteiger partial charge < -0.3 is 16.0 Å². The van der Waals surface area contributed by atoms with Gasteiger partial charge in [-0.25, -0.2) is 0 Å². The Hall–Kier alpha value is -2.66. The minimum atomic E-state index is -0.904. The molecule has 5 heteroatoms. The van der Waals surface area contributed by atoms with Crippen LogP contribution in [0.25, 0.3) is 0 Å². The molecule has 0 saturated carbocycles. The number of aryl methyl sites for hydroxylation is 1. The second kappa shape index (κ2) is 8.35. The van der Waals surface area contributed by atoms with Gasteiger partial charge in [0.25, 0.3) is 0 Å². The summed E-state index contributed by atoms with van der Waals surface area (Å²) in [5.41, 5.74) is 7.78. The van der Waals surface area contributed by atoms with Crippen LogP contribution < -0.4 is 11.1 Å². The molecule has 0 spiro atoms. The molecule has 1 unspecified atom stereocenters. The van der Waals surface area contributed by atoms with Crippen molar-refractivity contribution in [1.82, 2.24) is 10.2 Å². The average molecular weight is 365 g/mol. The summed E-state index contributed by atoms with van der Waals surface area (Å²) in [6.07, 6.45) is 2.39. The first-order valence-electron chi connectivity index (χ1n) is 9.43. The molecule has 1 heterocycles. The quantitative estimate of drug-likeness (QED) is 0.787. The molecule has 1 fully saturated rings. The van der Waals surface area contributed by atoms with Gasteiger partial charge >= 0.3 is 0 Å². The molecule has 3 rings (SSSR count). The van der Waals surface area contributed by atoms with Crippen molar-refractivity contribution in [2.75, 3.05) is 13.6 Å². The fourth-order valence-electron chi connectivity index (χ4n) is 3.70. The van der Waals surface area contributed by atoms with Crippen molar-refractivity contribution in [2.24, 2.45) is 5.73 Å². The van der Waals surface area contributed by atoms with Gasteiger partial charge in [0.2, 0.25) is 11.8 Å². The van der Waals surface area contributed by atoms with Gasteiger partial charge in [0, 0.05) is 20.0 Å². The van der Waals surface area contributed by atoms with Crippen molar-refractivity contribution in [3.05, 3.63) is 71.8 Å². The molecule has 2 amide bonds. The summed E-state index contributed by atoms with van der Waals surface area (Å²) in [7, 11) is 1.60. The highest BCUT2D eigenvalue weighted by molar-refractivity contribution is 5.93. The van der Waals surface area contributed by atoms with Crippen LogP contribution in [-0.4, -0.2) is 41.9 Å². The predicted octanol–water partition coefficient (Wildman–Crippen LogP) is 1.91. The predicted molar refractivity (Wildman–Crippen MR) is 106 cm³/mol. The molecule has 1 saturated heterocycles. The van der Waals surface area contributed by atoms with Gasteiger partial charge in [0.1, 0.15) is 6.04 Å². The Morgan fingerprint density at radius 1 is 1.11 bits per heavy atom. The summed E-state index contributed by atoms with van der Waals surface area (Å²) < 4.78 is 0. The van der Waals surface area contributed by atoms with Crippen molar-refractivity contribution < 1.29 is 9.59 Å². The molecule has 3 N–H and O–H groups in total. The lowest BCUT2D eigenvalue weighted by atomic mass is 9.90. The number of hydrogen-bond acceptors (Lipinski definition) is 3. The molecule has 0 aromatic heterocycles. The number of likely N-dealkylation sites (N-methyl/N-ethyl adjacent to an activating group) is 1. The van der Waals surface area contributed by atoms with Crippen LogP contribution in [0.2, 0.25) is 0 Å². The summed E-state index contributed by atoms with van der Waals surface area (Å²) in [6.45, 7) is 0.509. The van der Waals surface area contributed by atoms with Gasteiger partial charge in [-0.3, -0.25) is 9.59 Å². The maximum atomic E-state index is 13.1. The number of nitrogens with one attached hydrogen (secondary N) is 1. The lowest BCUT2D eigenvalue weighted by Crippen LogP contribution is -2.54. The normalized spacial score (nSPS) is 20.5. The van der Waals surface area contributed by atoms with Gasteiger partial charge in [-0.1, -0.05) is 60.7 Å². The Labute approximate surface area is 160 Å². The highest BCUT2D eigenvalue weighted by Crippen LogP contribution is 2.28. The van der Waals surface area contributed by atoms with Crippen molar-refractivity contribution in [3.8, 4) is 0 Å². The Kier molecular flexibility index (Phi) is 5.91. The molecular formula is C22H27N3O2. The van der Waals surface area contributed by atoms with Crippen LogP contribution in [0.4, 0.5) is 0 Å². The van der Waals surface area contributed by atoms with E-state index in [1.54, 1.807) is 11.9 Å². The molecule has 2 aromatic carbocycles. The van der Waals surface area contributed by atoms with E-state index in [1.807, 2.05) is 60.7 Å². The zero-order valence-corrected chi connectivity index (χ0v) is 15.7. The summed E-state index contributed by atoms with van der Waals surface area (Å²) in [5, 5.41) is 2.69. The average Bonchev–Trinajstić information content (AvgIpc) is 3.01. The molecular weight excluding hydrogens is 338 g/mol. The molecule has 5 nitrogen and oxygen atoms in total. The van der Waals surface area contributed by atoms with Crippen LogP contribution >= 0.6 is 0 Å². The highest BCUT2D eigenvalue weighted by Gasteiger charge is 2.46. The number of rotatable bonds is 7. The van der Waals surface area contributed by atoms with Crippen LogP contribution in [0.3, 0.4) is 0 Å². The number of amides is 2. The Morgan fingerprint density at radius 3 is 2.30 bits per heavy atom. The molecule has 2 aromatic rings. The van der Waals surface area contributed by atoms with Crippen LogP contribution in [0.15, 0.2) is 60.7 Å².